The molecule has 4 aliphatic rings. The zero-order chi connectivity index (χ0) is 32.4. The molecule has 3 saturated carbocycles. The van der Waals surface area contributed by atoms with Crippen LogP contribution in [0.25, 0.3) is 0 Å². The fourth-order valence-electron chi connectivity index (χ4n) is 9.65. The van der Waals surface area contributed by atoms with Gasteiger partial charge < -0.3 is 0 Å². The van der Waals surface area contributed by atoms with E-state index in [4.69, 9.17) is 12.5 Å². The van der Waals surface area contributed by atoms with E-state index in [1.165, 1.54) is 6.42 Å². The Bertz CT molecular complexity index is 1410. The molecular formula is C28H48O12S3. The Morgan fingerprint density at radius 2 is 1.37 bits per heavy atom. The van der Waals surface area contributed by atoms with Gasteiger partial charge in [-0.15, -0.1) is 0 Å². The van der Waals surface area contributed by atoms with Crippen molar-refractivity contribution in [1.82, 2.24) is 0 Å². The van der Waals surface area contributed by atoms with Gasteiger partial charge in [0.1, 0.15) is 12.2 Å². The van der Waals surface area contributed by atoms with Gasteiger partial charge in [-0.3, -0.25) is 13.7 Å². The monoisotopic (exact) mass is 672 g/mol. The standard InChI is InChI=1S/C28H48O12S3/c1-17(2)8-7-9-18(3)19-10-12-28(6)21-14-23(38-41(29,30)31)22-15-24(39-42(32,33)34)25(40-43(35,36)37)16-26(22,4)20(21)11-13-27(19,28)5/h11,17-19,21-25H,7-10,12-16H2,1-6H3,(H,29,30,31)(H,32,33,34)(H,35,36,37)/t18-,19-,21-,22-,23+,24+,25+,26-,27-,28+/m1/s1. The summed E-state index contributed by atoms with van der Waals surface area (Å²) in [5.41, 5.74) is -0.378. The average molecular weight is 673 g/mol. The predicted molar refractivity (Wildman–Crippen MR) is 158 cm³/mol. The quantitative estimate of drug-likeness (QED) is 0.192. The van der Waals surface area contributed by atoms with Crippen LogP contribution in [0.5, 0.6) is 0 Å². The third kappa shape index (κ3) is 7.19. The van der Waals surface area contributed by atoms with Gasteiger partial charge in [0.2, 0.25) is 0 Å². The highest BCUT2D eigenvalue weighted by Gasteiger charge is 2.66. The zero-order valence-electron chi connectivity index (χ0n) is 25.8. The summed E-state index contributed by atoms with van der Waals surface area (Å²) >= 11 is 0. The van der Waals surface area contributed by atoms with Gasteiger partial charge in [0.15, 0.2) is 0 Å². The molecule has 0 spiro atoms. The van der Waals surface area contributed by atoms with Crippen molar-refractivity contribution in [2.24, 2.45) is 45.8 Å². The highest BCUT2D eigenvalue weighted by Crippen LogP contribution is 2.72. The van der Waals surface area contributed by atoms with Crippen molar-refractivity contribution in [3.63, 3.8) is 0 Å². The Morgan fingerprint density at radius 1 is 0.814 bits per heavy atom. The summed E-state index contributed by atoms with van der Waals surface area (Å²) in [5, 5.41) is 0. The van der Waals surface area contributed by atoms with Crippen molar-refractivity contribution in [2.45, 2.75) is 118 Å². The highest BCUT2D eigenvalue weighted by molar-refractivity contribution is 7.81. The van der Waals surface area contributed by atoms with Crippen LogP contribution in [0.1, 0.15) is 99.3 Å². The first-order valence-electron chi connectivity index (χ1n) is 15.2. The largest absolute Gasteiger partial charge is 0.397 e. The maximum absolute atomic E-state index is 12.1. The van der Waals surface area contributed by atoms with E-state index in [9.17, 15) is 38.9 Å². The smallest absolute Gasteiger partial charge is 0.264 e. The molecule has 0 aromatic carbocycles. The summed E-state index contributed by atoms with van der Waals surface area (Å²) in [5.74, 6) is 0.614. The molecule has 0 aromatic heterocycles. The summed E-state index contributed by atoms with van der Waals surface area (Å²) in [7, 11) is -15.1. The summed E-state index contributed by atoms with van der Waals surface area (Å²) in [6, 6.07) is 0. The SMILES string of the molecule is CC(C)CCC[C@@H](C)[C@H]1CC[C@@]2(C)[C@@H]3C[C@H](OS(=O)(=O)O)[C@H]4C[C@H](OS(=O)(=O)O)[C@@H](OS(=O)(=O)O)C[C@]4(C)C3=CC[C@]12C. The van der Waals surface area contributed by atoms with Crippen LogP contribution in [0, 0.1) is 45.8 Å². The molecule has 3 fully saturated rings. The molecule has 4 aliphatic carbocycles. The number of fused-ring (bicyclic) bond motifs is 5. The van der Waals surface area contributed by atoms with E-state index in [2.05, 4.69) is 40.7 Å². The lowest BCUT2D eigenvalue weighted by Gasteiger charge is -2.63. The van der Waals surface area contributed by atoms with Crippen molar-refractivity contribution >= 4 is 31.2 Å². The fraction of sp³-hybridized carbons (Fsp3) is 0.929. The van der Waals surface area contributed by atoms with Crippen molar-refractivity contribution < 1.29 is 51.5 Å². The van der Waals surface area contributed by atoms with Gasteiger partial charge in [-0.1, -0.05) is 72.5 Å². The van der Waals surface area contributed by atoms with Crippen LogP contribution in [-0.4, -0.2) is 57.2 Å². The van der Waals surface area contributed by atoms with E-state index in [0.29, 0.717) is 17.8 Å². The van der Waals surface area contributed by atoms with Gasteiger partial charge in [0.25, 0.3) is 0 Å². The molecule has 0 amide bonds. The molecule has 43 heavy (non-hydrogen) atoms. The lowest BCUT2D eigenvalue weighted by Crippen LogP contribution is -2.60. The fourth-order valence-corrected chi connectivity index (χ4v) is 11.2. The Kier molecular flexibility index (Phi) is 9.71. The first-order valence-corrected chi connectivity index (χ1v) is 19.3. The van der Waals surface area contributed by atoms with E-state index >= 15 is 0 Å². The van der Waals surface area contributed by atoms with Crippen LogP contribution in [-0.2, 0) is 43.7 Å². The maximum atomic E-state index is 12.1. The maximum Gasteiger partial charge on any atom is 0.397 e. The normalized spacial score (nSPS) is 40.8. The molecule has 3 N–H and O–H groups in total. The number of rotatable bonds is 11. The molecule has 10 atom stereocenters. The van der Waals surface area contributed by atoms with E-state index in [1.807, 2.05) is 6.92 Å². The molecule has 15 heteroatoms. The molecule has 4 rings (SSSR count). The molecule has 250 valence electrons. The summed E-state index contributed by atoms with van der Waals surface area (Å²) < 4.78 is 115. The molecule has 0 radical (unpaired) electrons. The molecule has 0 saturated heterocycles. The predicted octanol–water partition coefficient (Wildman–Crippen LogP) is 5.20. The Labute approximate surface area is 257 Å². The summed E-state index contributed by atoms with van der Waals surface area (Å²) in [6.45, 7) is 13.1. The van der Waals surface area contributed by atoms with Crippen LogP contribution >= 0.6 is 0 Å². The average Bonchev–Trinajstić information content (AvgIpc) is 3.08. The lowest BCUT2D eigenvalue weighted by atomic mass is 9.43. The summed E-state index contributed by atoms with van der Waals surface area (Å²) in [6.07, 6.45) is 3.86. The van der Waals surface area contributed by atoms with Gasteiger partial charge in [-0.2, -0.15) is 25.3 Å². The van der Waals surface area contributed by atoms with Gasteiger partial charge in [-0.25, -0.2) is 12.5 Å². The molecule has 0 bridgehead atoms. The zero-order valence-corrected chi connectivity index (χ0v) is 28.3. The first-order chi connectivity index (χ1) is 19.5. The van der Waals surface area contributed by atoms with Crippen molar-refractivity contribution in [2.75, 3.05) is 0 Å². The van der Waals surface area contributed by atoms with Crippen LogP contribution in [0.2, 0.25) is 0 Å². The van der Waals surface area contributed by atoms with Crippen LogP contribution in [0.3, 0.4) is 0 Å². The second kappa shape index (κ2) is 11.9. The first kappa shape index (κ1) is 35.2. The van der Waals surface area contributed by atoms with E-state index in [1.54, 1.807) is 0 Å². The number of hydrogen-bond acceptors (Lipinski definition) is 9. The van der Waals surface area contributed by atoms with Gasteiger partial charge >= 0.3 is 31.2 Å². The van der Waals surface area contributed by atoms with Gasteiger partial charge in [-0.05, 0) is 84.4 Å². The second-order valence-electron chi connectivity index (χ2n) is 14.6. The Morgan fingerprint density at radius 3 is 1.93 bits per heavy atom. The van der Waals surface area contributed by atoms with Crippen LogP contribution in [0.15, 0.2) is 11.6 Å². The summed E-state index contributed by atoms with van der Waals surface area (Å²) in [4.78, 5) is 0. The minimum Gasteiger partial charge on any atom is -0.264 e. The highest BCUT2D eigenvalue weighted by atomic mass is 32.3. The Hall–Kier alpha value is -0.650. The van der Waals surface area contributed by atoms with Crippen molar-refractivity contribution in [3.8, 4) is 0 Å². The lowest BCUT2D eigenvalue weighted by molar-refractivity contribution is -0.122. The Balaban J connectivity index is 1.76. The second-order valence-corrected chi connectivity index (χ2v) is 17.7. The van der Waals surface area contributed by atoms with E-state index in [-0.39, 0.29) is 36.0 Å². The number of allylic oxidation sites excluding steroid dienone is 2. The van der Waals surface area contributed by atoms with Crippen LogP contribution < -0.4 is 0 Å². The topological polar surface area (TPSA) is 191 Å². The molecule has 12 nitrogen and oxygen atoms in total. The molecular weight excluding hydrogens is 624 g/mol. The number of hydrogen-bond donors (Lipinski definition) is 3. The molecule has 0 aromatic rings. The third-order valence-electron chi connectivity index (χ3n) is 11.8. The minimum absolute atomic E-state index is 0.111. The molecule has 0 aliphatic heterocycles. The minimum atomic E-state index is -5.08. The van der Waals surface area contributed by atoms with E-state index < -0.39 is 60.8 Å². The van der Waals surface area contributed by atoms with Crippen molar-refractivity contribution in [3.05, 3.63) is 11.6 Å². The van der Waals surface area contributed by atoms with Gasteiger partial charge in [0, 0.05) is 0 Å². The third-order valence-corrected chi connectivity index (χ3v) is 13.2. The van der Waals surface area contributed by atoms with E-state index in [0.717, 1.165) is 37.7 Å². The molecule has 0 unspecified atom stereocenters. The molecule has 0 heterocycles. The van der Waals surface area contributed by atoms with Crippen LogP contribution in [0.4, 0.5) is 0 Å². The van der Waals surface area contributed by atoms with Crippen molar-refractivity contribution in [1.29, 1.82) is 0 Å². The van der Waals surface area contributed by atoms with Gasteiger partial charge in [0.05, 0.1) is 6.10 Å².